The Morgan fingerprint density at radius 1 is 1.00 bits per heavy atom. The molecule has 1 aromatic heterocycles. The minimum absolute atomic E-state index is 0.683. The Kier molecular flexibility index (Phi) is 3.55. The lowest BCUT2D eigenvalue weighted by atomic mass is 10.1. The van der Waals surface area contributed by atoms with E-state index in [2.05, 4.69) is 16.2 Å². The molecule has 0 saturated heterocycles. The summed E-state index contributed by atoms with van der Waals surface area (Å²) < 4.78 is 2.44. The molecule has 3 nitrogen and oxygen atoms in total. The molecule has 1 aromatic rings. The van der Waals surface area contributed by atoms with E-state index in [1.807, 2.05) is 0 Å². The van der Waals surface area contributed by atoms with E-state index >= 15 is 0 Å². The molecular formula is C17H27N3. The van der Waals surface area contributed by atoms with Crippen molar-refractivity contribution in [2.45, 2.75) is 88.8 Å². The second-order valence-electron chi connectivity index (χ2n) is 7.07. The van der Waals surface area contributed by atoms with E-state index < -0.39 is 0 Å². The normalized spacial score (nSPS) is 24.8. The van der Waals surface area contributed by atoms with Gasteiger partial charge in [-0.1, -0.05) is 25.7 Å². The van der Waals surface area contributed by atoms with Crippen LogP contribution in [0.15, 0.2) is 6.20 Å². The summed E-state index contributed by atoms with van der Waals surface area (Å²) in [6.45, 7) is 1.04. The van der Waals surface area contributed by atoms with Crippen molar-refractivity contribution in [2.24, 2.45) is 0 Å². The maximum atomic E-state index is 4.82. The fraction of sp³-hybridized carbons (Fsp3) is 0.824. The molecule has 4 rings (SSSR count). The van der Waals surface area contributed by atoms with E-state index in [4.69, 9.17) is 5.10 Å². The lowest BCUT2D eigenvalue weighted by Crippen LogP contribution is -2.17. The van der Waals surface area contributed by atoms with Gasteiger partial charge >= 0.3 is 0 Å². The Bertz CT molecular complexity index is 449. The third kappa shape index (κ3) is 2.78. The van der Waals surface area contributed by atoms with Gasteiger partial charge in [-0.15, -0.1) is 0 Å². The third-order valence-corrected chi connectivity index (χ3v) is 5.21. The van der Waals surface area contributed by atoms with Gasteiger partial charge in [0.1, 0.15) is 0 Å². The molecule has 0 atom stereocenters. The molecule has 20 heavy (non-hydrogen) atoms. The molecule has 110 valence electrons. The van der Waals surface area contributed by atoms with E-state index in [1.165, 1.54) is 69.8 Å². The maximum Gasteiger partial charge on any atom is 0.0537 e. The van der Waals surface area contributed by atoms with Crippen molar-refractivity contribution >= 4 is 0 Å². The van der Waals surface area contributed by atoms with Gasteiger partial charge in [-0.25, -0.2) is 0 Å². The molecular weight excluding hydrogens is 246 g/mol. The van der Waals surface area contributed by atoms with E-state index in [0.717, 1.165) is 18.5 Å². The third-order valence-electron chi connectivity index (χ3n) is 5.21. The molecule has 0 amide bonds. The van der Waals surface area contributed by atoms with Crippen LogP contribution in [0.3, 0.4) is 0 Å². The van der Waals surface area contributed by atoms with E-state index in [9.17, 15) is 0 Å². The van der Waals surface area contributed by atoms with Crippen molar-refractivity contribution in [1.29, 1.82) is 0 Å². The van der Waals surface area contributed by atoms with Crippen LogP contribution in [0.25, 0.3) is 0 Å². The predicted molar refractivity (Wildman–Crippen MR) is 80.8 cm³/mol. The summed E-state index contributed by atoms with van der Waals surface area (Å²) in [6.07, 6.45) is 16.0. The molecule has 3 aliphatic rings. The first-order chi connectivity index (χ1) is 9.92. The first-order valence-corrected chi connectivity index (χ1v) is 8.71. The summed E-state index contributed by atoms with van der Waals surface area (Å²) >= 11 is 0. The molecule has 0 radical (unpaired) electrons. The van der Waals surface area contributed by atoms with Gasteiger partial charge in [-0.3, -0.25) is 4.68 Å². The number of nitrogens with zero attached hydrogens (tertiary/aromatic N) is 2. The molecule has 1 N–H and O–H groups in total. The lowest BCUT2D eigenvalue weighted by Gasteiger charge is -2.19. The molecule has 3 fully saturated rings. The van der Waals surface area contributed by atoms with Crippen molar-refractivity contribution in [3.63, 3.8) is 0 Å². The van der Waals surface area contributed by atoms with Gasteiger partial charge in [-0.05, 0) is 38.5 Å². The van der Waals surface area contributed by atoms with Gasteiger partial charge in [-0.2, -0.15) is 5.10 Å². The van der Waals surface area contributed by atoms with Crippen LogP contribution in [0.1, 0.15) is 87.4 Å². The van der Waals surface area contributed by atoms with Crippen molar-refractivity contribution in [3.05, 3.63) is 17.5 Å². The smallest absolute Gasteiger partial charge is 0.0537 e. The van der Waals surface area contributed by atoms with Crippen LogP contribution in [-0.2, 0) is 6.54 Å². The molecule has 3 aliphatic carbocycles. The van der Waals surface area contributed by atoms with Crippen molar-refractivity contribution in [2.75, 3.05) is 0 Å². The Morgan fingerprint density at radius 3 is 2.40 bits per heavy atom. The van der Waals surface area contributed by atoms with Crippen LogP contribution in [0.5, 0.6) is 0 Å². The highest BCUT2D eigenvalue weighted by Crippen LogP contribution is 2.43. The monoisotopic (exact) mass is 273 g/mol. The maximum absolute atomic E-state index is 4.82. The molecule has 0 aliphatic heterocycles. The zero-order chi connectivity index (χ0) is 13.4. The number of hydrogen-bond donors (Lipinski definition) is 1. The Balaban J connectivity index is 1.54. The minimum atomic E-state index is 0.683. The average molecular weight is 273 g/mol. The van der Waals surface area contributed by atoms with Crippen LogP contribution in [-0.4, -0.2) is 15.8 Å². The van der Waals surface area contributed by atoms with Gasteiger partial charge < -0.3 is 5.32 Å². The molecule has 3 saturated carbocycles. The first kappa shape index (κ1) is 12.9. The highest BCUT2D eigenvalue weighted by Gasteiger charge is 2.32. The summed E-state index contributed by atoms with van der Waals surface area (Å²) in [5.41, 5.74) is 3.08. The molecule has 0 unspecified atom stereocenters. The molecule has 3 heteroatoms. The summed E-state index contributed by atoms with van der Waals surface area (Å²) in [4.78, 5) is 0. The fourth-order valence-corrected chi connectivity index (χ4v) is 3.68. The standard InChI is InChI=1S/C17H27N3/c1-2-4-6-16(5-3-1)20-17(13-7-8-13)14(12-19-20)11-18-15-9-10-15/h12-13,15-16,18H,1-11H2. The average Bonchev–Trinajstić information content (AvgIpc) is 3.35. The number of rotatable bonds is 5. The Morgan fingerprint density at radius 2 is 1.75 bits per heavy atom. The van der Waals surface area contributed by atoms with Crippen LogP contribution >= 0.6 is 0 Å². The van der Waals surface area contributed by atoms with Gasteiger partial charge in [0.05, 0.1) is 12.2 Å². The van der Waals surface area contributed by atoms with Gasteiger partial charge in [0.25, 0.3) is 0 Å². The number of nitrogens with one attached hydrogen (secondary N) is 1. The second-order valence-corrected chi connectivity index (χ2v) is 7.07. The van der Waals surface area contributed by atoms with E-state index in [1.54, 1.807) is 5.69 Å². The minimum Gasteiger partial charge on any atom is -0.310 e. The summed E-state index contributed by atoms with van der Waals surface area (Å²) in [5, 5.41) is 8.49. The molecule has 0 bridgehead atoms. The van der Waals surface area contributed by atoms with Gasteiger partial charge in [0, 0.05) is 29.8 Å². The molecule has 1 heterocycles. The zero-order valence-electron chi connectivity index (χ0n) is 12.5. The topological polar surface area (TPSA) is 29.9 Å². The van der Waals surface area contributed by atoms with Crippen LogP contribution in [0.2, 0.25) is 0 Å². The Hall–Kier alpha value is -0.830. The largest absolute Gasteiger partial charge is 0.310 e. The predicted octanol–water partition coefficient (Wildman–Crippen LogP) is 3.91. The van der Waals surface area contributed by atoms with Crippen LogP contribution < -0.4 is 5.32 Å². The summed E-state index contributed by atoms with van der Waals surface area (Å²) in [6, 6.07) is 1.48. The van der Waals surface area contributed by atoms with E-state index in [-0.39, 0.29) is 0 Å². The molecule has 0 spiro atoms. The zero-order valence-corrected chi connectivity index (χ0v) is 12.5. The van der Waals surface area contributed by atoms with Crippen molar-refractivity contribution in [3.8, 4) is 0 Å². The Labute approximate surface area is 122 Å². The molecule has 0 aromatic carbocycles. The lowest BCUT2D eigenvalue weighted by molar-refractivity contribution is 0.392. The highest BCUT2D eigenvalue weighted by atomic mass is 15.3. The van der Waals surface area contributed by atoms with Gasteiger partial charge in [0.2, 0.25) is 0 Å². The number of hydrogen-bond acceptors (Lipinski definition) is 2. The summed E-state index contributed by atoms with van der Waals surface area (Å²) in [5.74, 6) is 0.816. The van der Waals surface area contributed by atoms with Crippen molar-refractivity contribution in [1.82, 2.24) is 15.1 Å². The van der Waals surface area contributed by atoms with Gasteiger partial charge in [0.15, 0.2) is 0 Å². The van der Waals surface area contributed by atoms with Crippen molar-refractivity contribution < 1.29 is 0 Å². The van der Waals surface area contributed by atoms with E-state index in [0.29, 0.717) is 6.04 Å². The fourth-order valence-electron chi connectivity index (χ4n) is 3.68. The summed E-state index contributed by atoms with van der Waals surface area (Å²) in [7, 11) is 0. The highest BCUT2D eigenvalue weighted by molar-refractivity contribution is 5.26. The quantitative estimate of drug-likeness (QED) is 0.824. The first-order valence-electron chi connectivity index (χ1n) is 8.71. The second kappa shape index (κ2) is 5.51. The number of aromatic nitrogens is 2. The van der Waals surface area contributed by atoms with Crippen LogP contribution in [0.4, 0.5) is 0 Å². The SMILES string of the molecule is c1nn(C2CCCCCC2)c(C2CC2)c1CNC1CC1. The van der Waals surface area contributed by atoms with Crippen LogP contribution in [0, 0.1) is 0 Å².